The minimum absolute atomic E-state index is 0.0661. The third-order valence-electron chi connectivity index (χ3n) is 11.8. The molecular formula is C57H63N3. The zero-order valence-corrected chi connectivity index (χ0v) is 38.2. The summed E-state index contributed by atoms with van der Waals surface area (Å²) >= 11 is 0. The van der Waals surface area contributed by atoms with Gasteiger partial charge in [0.2, 0.25) is 0 Å². The van der Waals surface area contributed by atoms with E-state index in [1.54, 1.807) is 0 Å². The molecule has 0 aliphatic heterocycles. The van der Waals surface area contributed by atoms with Crippen molar-refractivity contribution in [2.24, 2.45) is 0 Å². The van der Waals surface area contributed by atoms with Crippen molar-refractivity contribution in [2.45, 2.75) is 101 Å². The molecule has 0 heterocycles. The maximum Gasteiger partial charge on any atom is 0.0520 e. The van der Waals surface area contributed by atoms with E-state index in [-0.39, 0.29) is 10.8 Å². The summed E-state index contributed by atoms with van der Waals surface area (Å²) in [6.45, 7) is 29.4. The van der Waals surface area contributed by atoms with Gasteiger partial charge in [-0.2, -0.15) is 0 Å². The fourth-order valence-corrected chi connectivity index (χ4v) is 8.89. The monoisotopic (exact) mass is 790 g/mol. The minimum Gasteiger partial charge on any atom is -0.310 e. The number of para-hydroxylation sites is 2. The minimum atomic E-state index is 0.0661. The molecule has 0 bridgehead atoms. The Hall–Kier alpha value is -6.06. The molecule has 0 radical (unpaired) electrons. The van der Waals surface area contributed by atoms with E-state index in [0.29, 0.717) is 0 Å². The van der Waals surface area contributed by atoms with Gasteiger partial charge in [-0.3, -0.25) is 0 Å². The Labute approximate surface area is 361 Å². The van der Waals surface area contributed by atoms with Gasteiger partial charge in [0.05, 0.1) is 17.1 Å². The Morgan fingerprint density at radius 3 is 0.733 bits per heavy atom. The summed E-state index contributed by atoms with van der Waals surface area (Å²) in [4.78, 5) is 7.26. The first-order chi connectivity index (χ1) is 28.4. The Bertz CT molecular complexity index is 2380. The van der Waals surface area contributed by atoms with E-state index >= 15 is 0 Å². The SMILES string of the molecule is Cc1cc(C)c(N(c2ccc(N(c3ccccc3)c3c(C)cc(C(C)(C)C)cc3C)cc2)c2ccc(N(c3ccccc3)c3c(C)cc(C(C)(C)C)cc3C)cc2)c(C)c1. The van der Waals surface area contributed by atoms with Crippen molar-refractivity contribution >= 4 is 51.2 Å². The van der Waals surface area contributed by atoms with E-state index in [2.05, 4.69) is 250 Å². The Morgan fingerprint density at radius 1 is 0.283 bits per heavy atom. The summed E-state index contributed by atoms with van der Waals surface area (Å²) in [5, 5.41) is 0. The molecule has 0 atom stereocenters. The van der Waals surface area contributed by atoms with Gasteiger partial charge in [0.15, 0.2) is 0 Å². The smallest absolute Gasteiger partial charge is 0.0520 e. The highest BCUT2D eigenvalue weighted by Gasteiger charge is 2.25. The molecular weight excluding hydrogens is 727 g/mol. The van der Waals surface area contributed by atoms with E-state index in [1.807, 2.05) is 0 Å². The van der Waals surface area contributed by atoms with Gasteiger partial charge < -0.3 is 14.7 Å². The molecule has 0 aliphatic rings. The molecule has 0 unspecified atom stereocenters. The van der Waals surface area contributed by atoms with Gasteiger partial charge in [-0.25, -0.2) is 0 Å². The van der Waals surface area contributed by atoms with E-state index in [0.717, 1.165) is 34.1 Å². The number of hydrogen-bond donors (Lipinski definition) is 0. The molecule has 3 nitrogen and oxygen atoms in total. The topological polar surface area (TPSA) is 9.72 Å². The lowest BCUT2D eigenvalue weighted by molar-refractivity contribution is 0.589. The number of hydrogen-bond acceptors (Lipinski definition) is 3. The number of anilines is 9. The molecule has 0 saturated carbocycles. The zero-order valence-electron chi connectivity index (χ0n) is 38.2. The van der Waals surface area contributed by atoms with Crippen LogP contribution in [0.2, 0.25) is 0 Å². The third-order valence-corrected chi connectivity index (χ3v) is 11.8. The zero-order chi connectivity index (χ0) is 43.1. The maximum atomic E-state index is 2.43. The Balaban J connectivity index is 1.35. The van der Waals surface area contributed by atoms with Crippen LogP contribution in [0.3, 0.4) is 0 Å². The van der Waals surface area contributed by atoms with Crippen LogP contribution in [-0.2, 0) is 10.8 Å². The molecule has 7 aromatic rings. The average molecular weight is 790 g/mol. The summed E-state index contributed by atoms with van der Waals surface area (Å²) in [5.74, 6) is 0. The summed E-state index contributed by atoms with van der Waals surface area (Å²) in [6, 6.07) is 53.8. The molecule has 60 heavy (non-hydrogen) atoms. The van der Waals surface area contributed by atoms with Gasteiger partial charge in [-0.05, 0) is 177 Å². The largest absolute Gasteiger partial charge is 0.310 e. The maximum absolute atomic E-state index is 2.43. The van der Waals surface area contributed by atoms with Crippen molar-refractivity contribution in [3.63, 3.8) is 0 Å². The molecule has 0 aromatic heterocycles. The molecule has 0 saturated heterocycles. The van der Waals surface area contributed by atoms with Crippen LogP contribution in [0.4, 0.5) is 51.2 Å². The van der Waals surface area contributed by atoms with Crippen LogP contribution in [0.15, 0.2) is 146 Å². The second-order valence-electron chi connectivity index (χ2n) is 18.9. The van der Waals surface area contributed by atoms with Gasteiger partial charge >= 0.3 is 0 Å². The molecule has 7 aromatic carbocycles. The Morgan fingerprint density at radius 2 is 0.500 bits per heavy atom. The fourth-order valence-electron chi connectivity index (χ4n) is 8.89. The predicted molar refractivity (Wildman–Crippen MR) is 261 cm³/mol. The molecule has 7 rings (SSSR count). The first-order valence-electron chi connectivity index (χ1n) is 21.4. The van der Waals surface area contributed by atoms with Crippen molar-refractivity contribution < 1.29 is 0 Å². The van der Waals surface area contributed by atoms with Gasteiger partial charge in [0.1, 0.15) is 0 Å². The van der Waals surface area contributed by atoms with Gasteiger partial charge in [0, 0.05) is 34.1 Å². The lowest BCUT2D eigenvalue weighted by atomic mass is 9.84. The van der Waals surface area contributed by atoms with Crippen molar-refractivity contribution in [3.8, 4) is 0 Å². The first kappa shape index (κ1) is 42.1. The summed E-state index contributed by atoms with van der Waals surface area (Å²) in [5.41, 5.74) is 22.0. The van der Waals surface area contributed by atoms with Gasteiger partial charge in [0.25, 0.3) is 0 Å². The predicted octanol–water partition coefficient (Wildman–Crippen LogP) is 16.8. The third kappa shape index (κ3) is 8.50. The molecule has 0 N–H and O–H groups in total. The number of nitrogens with zero attached hydrogens (tertiary/aromatic N) is 3. The quantitative estimate of drug-likeness (QED) is 0.144. The first-order valence-corrected chi connectivity index (χ1v) is 21.4. The van der Waals surface area contributed by atoms with Crippen LogP contribution in [0, 0.1) is 48.5 Å². The fraction of sp³-hybridized carbons (Fsp3) is 0.263. The van der Waals surface area contributed by atoms with E-state index in [4.69, 9.17) is 0 Å². The summed E-state index contributed by atoms with van der Waals surface area (Å²) in [7, 11) is 0. The molecule has 0 spiro atoms. The average Bonchev–Trinajstić information content (AvgIpc) is 3.19. The number of benzene rings is 7. The highest BCUT2D eigenvalue weighted by atomic mass is 15.2. The molecule has 0 aliphatic carbocycles. The normalized spacial score (nSPS) is 11.8. The lowest BCUT2D eigenvalue weighted by Gasteiger charge is -2.33. The molecule has 3 heteroatoms. The van der Waals surface area contributed by atoms with Crippen molar-refractivity contribution in [1.82, 2.24) is 0 Å². The van der Waals surface area contributed by atoms with Crippen LogP contribution in [0.5, 0.6) is 0 Å². The van der Waals surface area contributed by atoms with E-state index in [1.165, 1.54) is 67.1 Å². The van der Waals surface area contributed by atoms with Gasteiger partial charge in [-0.1, -0.05) is 120 Å². The standard InChI is InChI=1S/C57H63N3/c1-38-32-39(2)53(40(3)33-38)60(51-28-24-49(25-29-51)58(47-20-16-14-17-21-47)54-41(4)34-45(35-42(54)5)56(8,9)10)52-30-26-50(27-31-52)59(48-22-18-15-19-23-48)55-43(6)36-46(37-44(55)7)57(11,12)13/h14-37H,1-13H3. The van der Waals surface area contributed by atoms with E-state index in [9.17, 15) is 0 Å². The van der Waals surface area contributed by atoms with Crippen LogP contribution in [-0.4, -0.2) is 0 Å². The lowest BCUT2D eigenvalue weighted by Crippen LogP contribution is -2.17. The van der Waals surface area contributed by atoms with Crippen molar-refractivity contribution in [2.75, 3.05) is 14.7 Å². The second-order valence-corrected chi connectivity index (χ2v) is 18.9. The molecule has 0 amide bonds. The van der Waals surface area contributed by atoms with Crippen molar-refractivity contribution in [1.29, 1.82) is 0 Å². The number of rotatable bonds is 9. The summed E-state index contributed by atoms with van der Waals surface area (Å²) in [6.07, 6.45) is 0. The highest BCUT2D eigenvalue weighted by Crippen LogP contribution is 2.46. The van der Waals surface area contributed by atoms with Crippen molar-refractivity contribution in [3.05, 3.63) is 196 Å². The van der Waals surface area contributed by atoms with Gasteiger partial charge in [-0.15, -0.1) is 0 Å². The number of aryl methyl sites for hydroxylation is 7. The van der Waals surface area contributed by atoms with Crippen LogP contribution >= 0.6 is 0 Å². The summed E-state index contributed by atoms with van der Waals surface area (Å²) < 4.78 is 0. The highest BCUT2D eigenvalue weighted by molar-refractivity contribution is 5.87. The van der Waals surface area contributed by atoms with Crippen LogP contribution in [0.1, 0.15) is 91.6 Å². The van der Waals surface area contributed by atoms with Crippen LogP contribution < -0.4 is 14.7 Å². The second kappa shape index (κ2) is 16.5. The molecule has 0 fully saturated rings. The van der Waals surface area contributed by atoms with E-state index < -0.39 is 0 Å². The Kier molecular flexibility index (Phi) is 11.6. The van der Waals surface area contributed by atoms with Crippen LogP contribution in [0.25, 0.3) is 0 Å². The molecule has 306 valence electrons.